The first kappa shape index (κ1) is 28.7. The Balaban J connectivity index is 0.00000512. The first-order valence-electron chi connectivity index (χ1n) is 11.2. The number of aliphatic imine (C=N–C) groups is 1. The number of nitrogens with zero attached hydrogens (tertiary/aromatic N) is 2. The molecule has 2 atom stereocenters. The molecule has 1 heterocycles. The normalized spacial score (nSPS) is 16.8. The van der Waals surface area contributed by atoms with Gasteiger partial charge in [-0.15, -0.1) is 24.0 Å². The van der Waals surface area contributed by atoms with Crippen LogP contribution in [-0.2, 0) is 4.74 Å². The first-order valence-corrected chi connectivity index (χ1v) is 11.2. The van der Waals surface area contributed by atoms with Crippen molar-refractivity contribution in [1.82, 2.24) is 15.5 Å². The highest BCUT2D eigenvalue weighted by atomic mass is 127. The molecule has 0 bridgehead atoms. The number of benzene rings is 1. The second kappa shape index (κ2) is 15.5. The van der Waals surface area contributed by atoms with Gasteiger partial charge >= 0.3 is 0 Å². The number of halogens is 1. The predicted molar refractivity (Wildman–Crippen MR) is 140 cm³/mol. The van der Waals surface area contributed by atoms with Gasteiger partial charge in [-0.2, -0.15) is 0 Å². The van der Waals surface area contributed by atoms with Gasteiger partial charge in [0.25, 0.3) is 0 Å². The SMILES string of the molecule is CCNC(=NCC(CC(C)C)N1CCOCC1)NCC(O)c1cc(OC)cc(OC)c1.I. The van der Waals surface area contributed by atoms with E-state index < -0.39 is 6.10 Å². The molecule has 1 aliphatic rings. The largest absolute Gasteiger partial charge is 0.497 e. The Bertz CT molecular complexity index is 662. The number of methoxy groups -OCH3 is 2. The number of aliphatic hydroxyl groups is 1. The highest BCUT2D eigenvalue weighted by Crippen LogP contribution is 2.26. The first-order chi connectivity index (χ1) is 15.0. The second-order valence-corrected chi connectivity index (χ2v) is 8.19. The molecule has 0 aliphatic carbocycles. The number of rotatable bonds is 11. The molecule has 1 aromatic carbocycles. The topological polar surface area (TPSA) is 87.6 Å². The van der Waals surface area contributed by atoms with Gasteiger partial charge in [0.2, 0.25) is 0 Å². The highest BCUT2D eigenvalue weighted by molar-refractivity contribution is 14.0. The van der Waals surface area contributed by atoms with Crippen LogP contribution in [0.25, 0.3) is 0 Å². The van der Waals surface area contributed by atoms with Gasteiger partial charge in [-0.05, 0) is 37.0 Å². The Morgan fingerprint density at radius 1 is 1.12 bits per heavy atom. The van der Waals surface area contributed by atoms with Gasteiger partial charge in [-0.1, -0.05) is 13.8 Å². The Hall–Kier alpha value is -1.30. The molecule has 9 heteroatoms. The summed E-state index contributed by atoms with van der Waals surface area (Å²) >= 11 is 0. The highest BCUT2D eigenvalue weighted by Gasteiger charge is 2.22. The van der Waals surface area contributed by atoms with Gasteiger partial charge < -0.3 is 30.0 Å². The van der Waals surface area contributed by atoms with Crippen LogP contribution in [0.4, 0.5) is 0 Å². The van der Waals surface area contributed by atoms with E-state index >= 15 is 0 Å². The standard InChI is InChI=1S/C23H40N4O4.HI/c1-6-24-23(25-15-19(11-17(2)3)27-7-9-31-10-8-27)26-16-22(28)18-12-20(29-4)14-21(13-18)30-5;/h12-14,17,19,22,28H,6-11,15-16H2,1-5H3,(H2,24,25,26);1H. The van der Waals surface area contributed by atoms with Crippen LogP contribution >= 0.6 is 24.0 Å². The van der Waals surface area contributed by atoms with Crippen LogP contribution in [0.3, 0.4) is 0 Å². The lowest BCUT2D eigenvalue weighted by atomic mass is 10.0. The van der Waals surface area contributed by atoms with Crippen molar-refractivity contribution in [3.05, 3.63) is 23.8 Å². The fourth-order valence-electron chi connectivity index (χ4n) is 3.70. The van der Waals surface area contributed by atoms with Crippen molar-refractivity contribution in [2.75, 3.05) is 60.2 Å². The number of nitrogens with one attached hydrogen (secondary N) is 2. The summed E-state index contributed by atoms with van der Waals surface area (Å²) in [5.41, 5.74) is 0.727. The van der Waals surface area contributed by atoms with E-state index in [0.29, 0.717) is 42.5 Å². The van der Waals surface area contributed by atoms with Gasteiger partial charge in [-0.3, -0.25) is 9.89 Å². The number of guanidine groups is 1. The Morgan fingerprint density at radius 2 is 1.75 bits per heavy atom. The molecule has 2 unspecified atom stereocenters. The molecular formula is C23H41IN4O4. The van der Waals surface area contributed by atoms with Crippen molar-refractivity contribution in [2.24, 2.45) is 10.9 Å². The maximum absolute atomic E-state index is 10.7. The van der Waals surface area contributed by atoms with Crippen molar-refractivity contribution in [1.29, 1.82) is 0 Å². The van der Waals surface area contributed by atoms with Gasteiger partial charge in [0.15, 0.2) is 5.96 Å². The van der Waals surface area contributed by atoms with E-state index in [-0.39, 0.29) is 24.0 Å². The number of hydrogen-bond donors (Lipinski definition) is 3. The smallest absolute Gasteiger partial charge is 0.191 e. The Morgan fingerprint density at radius 3 is 2.28 bits per heavy atom. The van der Waals surface area contributed by atoms with Crippen LogP contribution in [0.2, 0.25) is 0 Å². The summed E-state index contributed by atoms with van der Waals surface area (Å²) in [6.07, 6.45) is 0.369. The molecule has 1 aliphatic heterocycles. The molecule has 0 amide bonds. The summed E-state index contributed by atoms with van der Waals surface area (Å²) in [5.74, 6) is 2.61. The molecule has 2 rings (SSSR count). The molecule has 0 aromatic heterocycles. The van der Waals surface area contributed by atoms with Crippen molar-refractivity contribution in [3.8, 4) is 11.5 Å². The molecule has 0 saturated carbocycles. The fourth-order valence-corrected chi connectivity index (χ4v) is 3.70. The number of hydrogen-bond acceptors (Lipinski definition) is 6. The lowest BCUT2D eigenvalue weighted by Gasteiger charge is -2.34. The molecule has 0 radical (unpaired) electrons. The molecule has 8 nitrogen and oxygen atoms in total. The zero-order valence-electron chi connectivity index (χ0n) is 20.1. The van der Waals surface area contributed by atoms with E-state index in [1.807, 2.05) is 19.1 Å². The number of aliphatic hydroxyl groups excluding tert-OH is 1. The summed E-state index contributed by atoms with van der Waals surface area (Å²) in [4.78, 5) is 7.31. The van der Waals surface area contributed by atoms with E-state index in [1.165, 1.54) is 0 Å². The number of morpholine rings is 1. The van der Waals surface area contributed by atoms with Gasteiger partial charge in [-0.25, -0.2) is 0 Å². The van der Waals surface area contributed by atoms with Crippen LogP contribution < -0.4 is 20.1 Å². The zero-order chi connectivity index (χ0) is 22.6. The minimum atomic E-state index is -0.724. The minimum absolute atomic E-state index is 0. The van der Waals surface area contributed by atoms with Gasteiger partial charge in [0.05, 0.1) is 40.1 Å². The molecule has 184 valence electrons. The third-order valence-electron chi connectivity index (χ3n) is 5.33. The van der Waals surface area contributed by atoms with Crippen LogP contribution in [-0.4, -0.2) is 82.2 Å². The average molecular weight is 565 g/mol. The summed E-state index contributed by atoms with van der Waals surface area (Å²) in [6, 6.07) is 5.80. The van der Waals surface area contributed by atoms with Gasteiger partial charge in [0.1, 0.15) is 11.5 Å². The number of ether oxygens (including phenoxy) is 3. The quantitative estimate of drug-likeness (QED) is 0.217. The molecule has 1 saturated heterocycles. The summed E-state index contributed by atoms with van der Waals surface area (Å²) in [5, 5.41) is 17.3. The lowest BCUT2D eigenvalue weighted by Crippen LogP contribution is -2.46. The molecule has 0 spiro atoms. The lowest BCUT2D eigenvalue weighted by molar-refractivity contribution is 0.0143. The Kier molecular flexibility index (Phi) is 13.9. The van der Waals surface area contributed by atoms with Crippen molar-refractivity contribution < 1.29 is 19.3 Å². The molecule has 3 N–H and O–H groups in total. The second-order valence-electron chi connectivity index (χ2n) is 8.19. The van der Waals surface area contributed by atoms with Crippen molar-refractivity contribution in [3.63, 3.8) is 0 Å². The Labute approximate surface area is 210 Å². The maximum Gasteiger partial charge on any atom is 0.191 e. The van der Waals surface area contributed by atoms with Crippen LogP contribution in [0.15, 0.2) is 23.2 Å². The van der Waals surface area contributed by atoms with E-state index in [1.54, 1.807) is 20.3 Å². The van der Waals surface area contributed by atoms with E-state index in [2.05, 4.69) is 29.4 Å². The predicted octanol–water partition coefficient (Wildman–Crippen LogP) is 2.66. The molecular weight excluding hydrogens is 523 g/mol. The van der Waals surface area contributed by atoms with Crippen molar-refractivity contribution in [2.45, 2.75) is 39.3 Å². The zero-order valence-corrected chi connectivity index (χ0v) is 22.4. The summed E-state index contributed by atoms with van der Waals surface area (Å²) in [6.45, 7) is 11.8. The van der Waals surface area contributed by atoms with Crippen LogP contribution in [0, 0.1) is 5.92 Å². The van der Waals surface area contributed by atoms with Crippen LogP contribution in [0.1, 0.15) is 38.9 Å². The molecule has 1 fully saturated rings. The fraction of sp³-hybridized carbons (Fsp3) is 0.696. The third-order valence-corrected chi connectivity index (χ3v) is 5.33. The average Bonchev–Trinajstić information content (AvgIpc) is 2.79. The van der Waals surface area contributed by atoms with E-state index in [4.69, 9.17) is 19.2 Å². The molecule has 1 aromatic rings. The minimum Gasteiger partial charge on any atom is -0.497 e. The van der Waals surface area contributed by atoms with Gasteiger partial charge in [0, 0.05) is 38.3 Å². The summed E-state index contributed by atoms with van der Waals surface area (Å²) in [7, 11) is 3.20. The van der Waals surface area contributed by atoms with Crippen molar-refractivity contribution >= 4 is 29.9 Å². The van der Waals surface area contributed by atoms with Crippen LogP contribution in [0.5, 0.6) is 11.5 Å². The van der Waals surface area contributed by atoms with E-state index in [0.717, 1.165) is 44.8 Å². The third kappa shape index (κ3) is 9.68. The monoisotopic (exact) mass is 564 g/mol. The maximum atomic E-state index is 10.7. The molecule has 32 heavy (non-hydrogen) atoms. The summed E-state index contributed by atoms with van der Waals surface area (Å²) < 4.78 is 16.1. The van der Waals surface area contributed by atoms with E-state index in [9.17, 15) is 5.11 Å².